The van der Waals surface area contributed by atoms with Crippen LogP contribution >= 0.6 is 0 Å². The molecule has 1 unspecified atom stereocenters. The van der Waals surface area contributed by atoms with Gasteiger partial charge in [-0.3, -0.25) is 9.79 Å². The Morgan fingerprint density at radius 2 is 2.67 bits per heavy atom. The molecular weight excluding hydrogens is 156 g/mol. The van der Waals surface area contributed by atoms with E-state index in [1.54, 1.807) is 6.34 Å². The van der Waals surface area contributed by atoms with Crippen molar-refractivity contribution in [3.8, 4) is 0 Å². The van der Waals surface area contributed by atoms with Gasteiger partial charge in [0.2, 0.25) is 0 Å². The second-order valence-corrected chi connectivity index (χ2v) is 2.77. The molecule has 68 valence electrons. The average Bonchev–Trinajstić information content (AvgIpc) is 2.15. The fourth-order valence-corrected chi connectivity index (χ4v) is 0.982. The number of nitrogens with zero attached hydrogens (tertiary/aromatic N) is 1. The van der Waals surface area contributed by atoms with Gasteiger partial charge in [0.1, 0.15) is 0 Å². The van der Waals surface area contributed by atoms with E-state index in [4.69, 9.17) is 4.74 Å². The summed E-state index contributed by atoms with van der Waals surface area (Å²) in [5.41, 5.74) is 0. The Morgan fingerprint density at radius 1 is 1.83 bits per heavy atom. The summed E-state index contributed by atoms with van der Waals surface area (Å²) >= 11 is 0. The molecule has 12 heavy (non-hydrogen) atoms. The number of ether oxygens (including phenoxy) is 1. The molecule has 1 aliphatic rings. The van der Waals surface area contributed by atoms with Crippen LogP contribution < -0.4 is 5.32 Å². The van der Waals surface area contributed by atoms with E-state index in [2.05, 4.69) is 10.3 Å². The molecular formula is C8H14N2O2. The fourth-order valence-electron chi connectivity index (χ4n) is 0.982. The molecule has 0 aromatic carbocycles. The molecule has 1 aliphatic heterocycles. The van der Waals surface area contributed by atoms with Crippen molar-refractivity contribution in [3.63, 3.8) is 0 Å². The number of hydrogen-bond acceptors (Lipinski definition) is 4. The zero-order chi connectivity index (χ0) is 8.81. The number of carbonyl (C=O) groups excluding carboxylic acids is 1. The first kappa shape index (κ1) is 9.03. The van der Waals surface area contributed by atoms with Crippen LogP contribution in [0.3, 0.4) is 0 Å². The number of carbonyl (C=O) groups is 1. The van der Waals surface area contributed by atoms with Crippen molar-refractivity contribution in [3.05, 3.63) is 0 Å². The Balaban J connectivity index is 2.26. The number of nitrogens with one attached hydrogen (secondary N) is 1. The normalized spacial score (nSPS) is 21.6. The van der Waals surface area contributed by atoms with Crippen molar-refractivity contribution in [1.82, 2.24) is 5.32 Å². The van der Waals surface area contributed by atoms with Gasteiger partial charge in [-0.2, -0.15) is 0 Å². The van der Waals surface area contributed by atoms with Crippen molar-refractivity contribution in [1.29, 1.82) is 0 Å². The Labute approximate surface area is 72.0 Å². The molecule has 0 spiro atoms. The van der Waals surface area contributed by atoms with Crippen LogP contribution in [0.1, 0.15) is 13.3 Å². The summed E-state index contributed by atoms with van der Waals surface area (Å²) in [6.45, 7) is 3.69. The second kappa shape index (κ2) is 4.74. The molecule has 4 nitrogen and oxygen atoms in total. The number of hydrogen-bond donors (Lipinski definition) is 1. The minimum Gasteiger partial charge on any atom is -0.465 e. The highest BCUT2D eigenvalue weighted by atomic mass is 16.5. The van der Waals surface area contributed by atoms with E-state index >= 15 is 0 Å². The Hall–Kier alpha value is -1.06. The van der Waals surface area contributed by atoms with Crippen LogP contribution in [0, 0.1) is 5.92 Å². The minimum atomic E-state index is -0.138. The quantitative estimate of drug-likeness (QED) is 0.615. The number of esters is 1. The summed E-state index contributed by atoms with van der Waals surface area (Å²) < 4.78 is 4.98. The molecule has 0 aromatic heterocycles. The summed E-state index contributed by atoms with van der Waals surface area (Å²) in [6.07, 6.45) is 2.50. The lowest BCUT2D eigenvalue weighted by molar-refractivity contribution is -0.148. The number of aliphatic imine (C=N–C) groups is 1. The molecule has 1 atom stereocenters. The molecule has 0 aromatic rings. The van der Waals surface area contributed by atoms with Crippen LogP contribution in [0.15, 0.2) is 4.99 Å². The van der Waals surface area contributed by atoms with E-state index in [0.29, 0.717) is 19.7 Å². The summed E-state index contributed by atoms with van der Waals surface area (Å²) in [5, 5.41) is 2.90. The van der Waals surface area contributed by atoms with E-state index in [1.807, 2.05) is 6.92 Å². The van der Waals surface area contributed by atoms with Crippen LogP contribution in [-0.2, 0) is 9.53 Å². The van der Waals surface area contributed by atoms with Crippen molar-refractivity contribution in [2.45, 2.75) is 13.3 Å². The SMILES string of the molecule is CCCOC(=O)C1CN=CNC1. The third-order valence-electron chi connectivity index (χ3n) is 1.65. The maximum atomic E-state index is 11.2. The first-order chi connectivity index (χ1) is 5.84. The van der Waals surface area contributed by atoms with Gasteiger partial charge in [-0.25, -0.2) is 0 Å². The van der Waals surface area contributed by atoms with Gasteiger partial charge in [0.25, 0.3) is 0 Å². The smallest absolute Gasteiger partial charge is 0.312 e. The highest BCUT2D eigenvalue weighted by Gasteiger charge is 2.20. The minimum absolute atomic E-state index is 0.0958. The van der Waals surface area contributed by atoms with E-state index in [0.717, 1.165) is 6.42 Å². The second-order valence-electron chi connectivity index (χ2n) is 2.77. The van der Waals surface area contributed by atoms with Gasteiger partial charge in [-0.1, -0.05) is 6.92 Å². The Morgan fingerprint density at radius 3 is 3.25 bits per heavy atom. The van der Waals surface area contributed by atoms with Crippen LogP contribution in [0.25, 0.3) is 0 Å². The van der Waals surface area contributed by atoms with Crippen LogP contribution in [0.4, 0.5) is 0 Å². The molecule has 0 saturated carbocycles. The standard InChI is InChI=1S/C8H14N2O2/c1-2-3-12-8(11)7-4-9-6-10-5-7/h6-7H,2-5H2,1H3,(H,9,10). The van der Waals surface area contributed by atoms with Crippen molar-refractivity contribution < 1.29 is 9.53 Å². The maximum Gasteiger partial charge on any atom is 0.312 e. The summed E-state index contributed by atoms with van der Waals surface area (Å²) in [4.78, 5) is 15.2. The first-order valence-corrected chi connectivity index (χ1v) is 4.23. The van der Waals surface area contributed by atoms with Gasteiger partial charge in [0.15, 0.2) is 0 Å². The zero-order valence-electron chi connectivity index (χ0n) is 7.25. The lowest BCUT2D eigenvalue weighted by Gasteiger charge is -2.16. The molecule has 0 bridgehead atoms. The van der Waals surface area contributed by atoms with E-state index < -0.39 is 0 Å². The van der Waals surface area contributed by atoms with Gasteiger partial charge < -0.3 is 10.1 Å². The molecule has 0 saturated heterocycles. The Kier molecular flexibility index (Phi) is 3.57. The Bertz CT molecular complexity index is 180. The van der Waals surface area contributed by atoms with Crippen LogP contribution in [0.5, 0.6) is 0 Å². The van der Waals surface area contributed by atoms with Crippen molar-refractivity contribution in [2.24, 2.45) is 10.9 Å². The highest BCUT2D eigenvalue weighted by Crippen LogP contribution is 2.02. The molecule has 1 heterocycles. The van der Waals surface area contributed by atoms with Gasteiger partial charge in [-0.05, 0) is 6.42 Å². The van der Waals surface area contributed by atoms with Gasteiger partial charge in [-0.15, -0.1) is 0 Å². The third-order valence-corrected chi connectivity index (χ3v) is 1.65. The van der Waals surface area contributed by atoms with E-state index in [-0.39, 0.29) is 11.9 Å². The van der Waals surface area contributed by atoms with E-state index in [9.17, 15) is 4.79 Å². The van der Waals surface area contributed by atoms with Gasteiger partial charge in [0.05, 0.1) is 25.4 Å². The predicted octanol–water partition coefficient (Wildman–Crippen LogP) is 0.187. The number of rotatable bonds is 3. The first-order valence-electron chi connectivity index (χ1n) is 4.23. The molecule has 0 radical (unpaired) electrons. The van der Waals surface area contributed by atoms with Crippen LogP contribution in [0.2, 0.25) is 0 Å². The molecule has 4 heteroatoms. The highest BCUT2D eigenvalue weighted by molar-refractivity contribution is 5.74. The molecule has 1 N–H and O–H groups in total. The lowest BCUT2D eigenvalue weighted by Crippen LogP contribution is -2.35. The summed E-state index contributed by atoms with van der Waals surface area (Å²) in [5.74, 6) is -0.234. The van der Waals surface area contributed by atoms with Gasteiger partial charge >= 0.3 is 5.97 Å². The molecule has 0 aliphatic carbocycles. The summed E-state index contributed by atoms with van der Waals surface area (Å²) in [6, 6.07) is 0. The van der Waals surface area contributed by atoms with Gasteiger partial charge in [0, 0.05) is 6.54 Å². The molecule has 1 rings (SSSR count). The summed E-state index contributed by atoms with van der Waals surface area (Å²) in [7, 11) is 0. The van der Waals surface area contributed by atoms with Crippen molar-refractivity contribution >= 4 is 12.3 Å². The zero-order valence-corrected chi connectivity index (χ0v) is 7.25. The fraction of sp³-hybridized carbons (Fsp3) is 0.750. The molecule has 0 fully saturated rings. The van der Waals surface area contributed by atoms with Crippen molar-refractivity contribution in [2.75, 3.05) is 19.7 Å². The topological polar surface area (TPSA) is 50.7 Å². The largest absolute Gasteiger partial charge is 0.465 e. The monoisotopic (exact) mass is 170 g/mol. The lowest BCUT2D eigenvalue weighted by atomic mass is 10.1. The third kappa shape index (κ3) is 2.53. The van der Waals surface area contributed by atoms with E-state index in [1.165, 1.54) is 0 Å². The average molecular weight is 170 g/mol. The predicted molar refractivity (Wildman–Crippen MR) is 46.1 cm³/mol. The maximum absolute atomic E-state index is 11.2. The van der Waals surface area contributed by atoms with Crippen LogP contribution in [-0.4, -0.2) is 32.0 Å². The molecule has 0 amide bonds.